The zero-order chi connectivity index (χ0) is 22.5. The number of methoxy groups -OCH3 is 1. The van der Waals surface area contributed by atoms with E-state index in [9.17, 15) is 5.11 Å². The summed E-state index contributed by atoms with van der Waals surface area (Å²) in [5, 5.41) is 12.7. The molecule has 0 saturated carbocycles. The molecule has 0 aliphatic carbocycles. The summed E-state index contributed by atoms with van der Waals surface area (Å²) in [5.41, 5.74) is 3.06. The summed E-state index contributed by atoms with van der Waals surface area (Å²) in [4.78, 5) is 6.96. The van der Waals surface area contributed by atoms with E-state index in [0.29, 0.717) is 11.8 Å². The van der Waals surface area contributed by atoms with Crippen LogP contribution in [0.3, 0.4) is 0 Å². The maximum absolute atomic E-state index is 11.8. The molecule has 0 bridgehead atoms. The van der Waals surface area contributed by atoms with Gasteiger partial charge in [0.25, 0.3) is 0 Å². The van der Waals surface area contributed by atoms with E-state index in [-0.39, 0.29) is 6.04 Å². The van der Waals surface area contributed by atoms with Crippen LogP contribution >= 0.6 is 0 Å². The van der Waals surface area contributed by atoms with E-state index in [1.807, 2.05) is 30.3 Å². The fraction of sp³-hybridized carbons (Fsp3) is 0.393. The highest BCUT2D eigenvalue weighted by molar-refractivity contribution is 5.83. The van der Waals surface area contributed by atoms with Gasteiger partial charge in [-0.1, -0.05) is 56.2 Å². The van der Waals surface area contributed by atoms with Crippen LogP contribution in [-0.4, -0.2) is 34.7 Å². The lowest BCUT2D eigenvalue weighted by Crippen LogP contribution is -2.49. The average Bonchev–Trinajstić information content (AvgIpc) is 2.84. The number of rotatable bonds is 8. The number of pyridine rings is 1. The zero-order valence-corrected chi connectivity index (χ0v) is 19.2. The number of aliphatic hydroxyl groups excluding tert-OH is 1. The minimum absolute atomic E-state index is 0.0276. The Morgan fingerprint density at radius 3 is 2.75 bits per heavy atom. The highest BCUT2D eigenvalue weighted by Crippen LogP contribution is 2.39. The van der Waals surface area contributed by atoms with Crippen LogP contribution in [0.15, 0.2) is 73.4 Å². The van der Waals surface area contributed by atoms with Crippen molar-refractivity contribution in [3.8, 4) is 5.75 Å². The fourth-order valence-electron chi connectivity index (χ4n) is 5.23. The molecular weight excluding hydrogens is 396 g/mol. The minimum atomic E-state index is -0.610. The smallest absolute Gasteiger partial charge is 0.119 e. The van der Waals surface area contributed by atoms with Crippen molar-refractivity contribution in [1.82, 2.24) is 9.88 Å². The second-order valence-corrected chi connectivity index (χ2v) is 8.89. The van der Waals surface area contributed by atoms with Gasteiger partial charge in [0, 0.05) is 30.7 Å². The third kappa shape index (κ3) is 4.72. The predicted octanol–water partition coefficient (Wildman–Crippen LogP) is 5.77. The first-order chi connectivity index (χ1) is 15.6. The summed E-state index contributed by atoms with van der Waals surface area (Å²) >= 11 is 0. The monoisotopic (exact) mass is 430 g/mol. The lowest BCUT2D eigenvalue weighted by Gasteiger charge is -2.45. The lowest BCUT2D eigenvalue weighted by molar-refractivity contribution is -0.0130. The first-order valence-electron chi connectivity index (χ1n) is 11.7. The summed E-state index contributed by atoms with van der Waals surface area (Å²) < 4.78 is 5.45. The van der Waals surface area contributed by atoms with Gasteiger partial charge in [0.15, 0.2) is 0 Å². The summed E-state index contributed by atoms with van der Waals surface area (Å²) in [6, 6.07) is 18.4. The highest BCUT2D eigenvalue weighted by atomic mass is 16.5. The molecule has 1 aromatic heterocycles. The van der Waals surface area contributed by atoms with Crippen molar-refractivity contribution in [3.05, 3.63) is 84.6 Å². The molecule has 32 heavy (non-hydrogen) atoms. The van der Waals surface area contributed by atoms with Crippen molar-refractivity contribution >= 4 is 10.9 Å². The summed E-state index contributed by atoms with van der Waals surface area (Å²) in [6.07, 6.45) is 6.56. The first kappa shape index (κ1) is 22.5. The van der Waals surface area contributed by atoms with Gasteiger partial charge in [-0.3, -0.25) is 9.88 Å². The van der Waals surface area contributed by atoms with Crippen molar-refractivity contribution < 1.29 is 9.84 Å². The highest BCUT2D eigenvalue weighted by Gasteiger charge is 2.38. The molecule has 1 N–H and O–H groups in total. The number of benzene rings is 2. The Morgan fingerprint density at radius 1 is 1.22 bits per heavy atom. The number of hydrogen-bond donors (Lipinski definition) is 1. The maximum atomic E-state index is 11.8. The normalized spacial score (nSPS) is 22.5. The summed E-state index contributed by atoms with van der Waals surface area (Å²) in [7, 11) is 1.67. The molecule has 1 saturated heterocycles. The van der Waals surface area contributed by atoms with Gasteiger partial charge in [-0.25, -0.2) is 0 Å². The SMILES string of the molecule is C=CC1CN(Cc2ccccc2)C(C(O)c2ccnc3ccc(OC)cc23)CC1CCC. The topological polar surface area (TPSA) is 45.6 Å². The van der Waals surface area contributed by atoms with Crippen molar-refractivity contribution in [1.29, 1.82) is 0 Å². The molecule has 1 aliphatic heterocycles. The van der Waals surface area contributed by atoms with Crippen LogP contribution in [0.5, 0.6) is 5.75 Å². The predicted molar refractivity (Wildman–Crippen MR) is 131 cm³/mol. The number of likely N-dealkylation sites (tertiary alicyclic amines) is 1. The fourth-order valence-corrected chi connectivity index (χ4v) is 5.23. The van der Waals surface area contributed by atoms with E-state index in [4.69, 9.17) is 4.74 Å². The van der Waals surface area contributed by atoms with E-state index in [2.05, 4.69) is 53.7 Å². The molecule has 4 nitrogen and oxygen atoms in total. The van der Waals surface area contributed by atoms with E-state index in [1.165, 1.54) is 5.56 Å². The van der Waals surface area contributed by atoms with Crippen molar-refractivity contribution in [2.24, 2.45) is 11.8 Å². The Morgan fingerprint density at radius 2 is 2.03 bits per heavy atom. The van der Waals surface area contributed by atoms with Crippen LogP contribution < -0.4 is 4.74 Å². The minimum Gasteiger partial charge on any atom is -0.497 e. The molecule has 168 valence electrons. The molecule has 4 atom stereocenters. The molecule has 2 aromatic carbocycles. The second kappa shape index (κ2) is 10.3. The van der Waals surface area contributed by atoms with Crippen molar-refractivity contribution in [3.63, 3.8) is 0 Å². The summed E-state index contributed by atoms with van der Waals surface area (Å²) in [6.45, 7) is 8.11. The van der Waals surface area contributed by atoms with Gasteiger partial charge in [-0.15, -0.1) is 6.58 Å². The van der Waals surface area contributed by atoms with E-state index < -0.39 is 6.10 Å². The molecular formula is C28H34N2O2. The summed E-state index contributed by atoms with van der Waals surface area (Å²) in [5.74, 6) is 1.75. The maximum Gasteiger partial charge on any atom is 0.119 e. The van der Waals surface area contributed by atoms with Crippen LogP contribution in [-0.2, 0) is 6.54 Å². The van der Waals surface area contributed by atoms with Gasteiger partial charge in [-0.2, -0.15) is 0 Å². The standard InChI is InChI=1S/C28H34N2O2/c1-4-9-22-16-27(30(19-21(22)5-2)18-20-10-7-6-8-11-20)28(31)24-14-15-29-26-13-12-23(32-3)17-25(24)26/h5-8,10-15,17,21-22,27-28,31H,2,4,9,16,18-19H2,1,3H3. The molecule has 0 radical (unpaired) electrons. The molecule has 2 heterocycles. The number of aromatic nitrogens is 1. The van der Waals surface area contributed by atoms with Gasteiger partial charge in [0.1, 0.15) is 5.75 Å². The van der Waals surface area contributed by atoms with Crippen LogP contribution in [0.4, 0.5) is 0 Å². The number of fused-ring (bicyclic) bond motifs is 1. The molecule has 4 heteroatoms. The van der Waals surface area contributed by atoms with Crippen LogP contribution in [0.2, 0.25) is 0 Å². The van der Waals surface area contributed by atoms with E-state index in [0.717, 1.165) is 54.6 Å². The van der Waals surface area contributed by atoms with E-state index >= 15 is 0 Å². The Bertz CT molecular complexity index is 1040. The number of nitrogens with zero attached hydrogens (tertiary/aromatic N) is 2. The van der Waals surface area contributed by atoms with E-state index in [1.54, 1.807) is 13.3 Å². The lowest BCUT2D eigenvalue weighted by atomic mass is 9.76. The zero-order valence-electron chi connectivity index (χ0n) is 19.2. The van der Waals surface area contributed by atoms with Gasteiger partial charge in [0.05, 0.1) is 18.7 Å². The Kier molecular flexibility index (Phi) is 7.23. The van der Waals surface area contributed by atoms with Crippen LogP contribution in [0, 0.1) is 11.8 Å². The van der Waals surface area contributed by atoms with Gasteiger partial charge < -0.3 is 9.84 Å². The molecule has 4 unspecified atom stereocenters. The average molecular weight is 431 g/mol. The van der Waals surface area contributed by atoms with Gasteiger partial charge in [-0.05, 0) is 53.6 Å². The Labute approximate surface area is 191 Å². The second-order valence-electron chi connectivity index (χ2n) is 8.89. The van der Waals surface area contributed by atoms with Crippen molar-refractivity contribution in [2.45, 2.75) is 44.9 Å². The first-order valence-corrected chi connectivity index (χ1v) is 11.7. The van der Waals surface area contributed by atoms with Gasteiger partial charge >= 0.3 is 0 Å². The molecule has 0 spiro atoms. The number of ether oxygens (including phenoxy) is 1. The van der Waals surface area contributed by atoms with Crippen molar-refractivity contribution in [2.75, 3.05) is 13.7 Å². The molecule has 4 rings (SSSR count). The third-order valence-corrected chi connectivity index (χ3v) is 6.92. The molecule has 1 fully saturated rings. The van der Waals surface area contributed by atoms with Crippen LogP contribution in [0.25, 0.3) is 10.9 Å². The number of hydrogen-bond acceptors (Lipinski definition) is 4. The van der Waals surface area contributed by atoms with Gasteiger partial charge in [0.2, 0.25) is 0 Å². The number of aliphatic hydroxyl groups is 1. The quantitative estimate of drug-likeness (QED) is 0.461. The molecule has 3 aromatic rings. The Hall–Kier alpha value is -2.69. The molecule has 1 aliphatic rings. The molecule has 0 amide bonds. The third-order valence-electron chi connectivity index (χ3n) is 6.92. The van der Waals surface area contributed by atoms with Crippen LogP contribution in [0.1, 0.15) is 43.4 Å². The number of piperidine rings is 1. The Balaban J connectivity index is 1.71. The largest absolute Gasteiger partial charge is 0.497 e.